The molecule has 3 heterocycles. The monoisotopic (exact) mass is 212 g/mol. The summed E-state index contributed by atoms with van der Waals surface area (Å²) in [5.41, 5.74) is 9.84. The molecular weight excluding hydrogens is 200 g/mol. The zero-order valence-electron chi connectivity index (χ0n) is 8.72. The van der Waals surface area contributed by atoms with Crippen molar-refractivity contribution in [2.24, 2.45) is 5.73 Å². The van der Waals surface area contributed by atoms with E-state index in [1.165, 1.54) is 0 Å². The first-order valence-corrected chi connectivity index (χ1v) is 5.17. The molecule has 0 radical (unpaired) electrons. The number of hydrogen-bond donors (Lipinski definition) is 2. The van der Waals surface area contributed by atoms with Gasteiger partial charge < -0.3 is 15.1 Å². The van der Waals surface area contributed by atoms with Crippen LogP contribution in [0.25, 0.3) is 16.8 Å². The molecule has 0 atom stereocenters. The smallest absolute Gasteiger partial charge is 0.0994 e. The first-order chi connectivity index (χ1) is 7.86. The van der Waals surface area contributed by atoms with Gasteiger partial charge in [-0.3, -0.25) is 0 Å². The van der Waals surface area contributed by atoms with Crippen LogP contribution in [0.3, 0.4) is 0 Å². The quantitative estimate of drug-likeness (QED) is 0.680. The SMILES string of the molecule is NCc1cc2cc(-c3ccc[nH]3)cn2cn1. The molecule has 80 valence electrons. The van der Waals surface area contributed by atoms with Crippen molar-refractivity contribution in [2.75, 3.05) is 0 Å². The Morgan fingerprint density at radius 3 is 3.06 bits per heavy atom. The maximum absolute atomic E-state index is 5.56. The maximum atomic E-state index is 5.56. The highest BCUT2D eigenvalue weighted by atomic mass is 15.0. The Labute approximate surface area is 92.7 Å². The van der Waals surface area contributed by atoms with Crippen LogP contribution < -0.4 is 5.73 Å². The Morgan fingerprint density at radius 1 is 1.38 bits per heavy atom. The van der Waals surface area contributed by atoms with E-state index in [4.69, 9.17) is 5.73 Å². The predicted octanol–water partition coefficient (Wildman–Crippen LogP) is 1.79. The lowest BCUT2D eigenvalue weighted by Gasteiger charge is -1.96. The number of nitrogens with zero attached hydrogens (tertiary/aromatic N) is 2. The van der Waals surface area contributed by atoms with Gasteiger partial charge in [-0.25, -0.2) is 4.98 Å². The van der Waals surface area contributed by atoms with Crippen LogP contribution in [0, 0.1) is 0 Å². The number of fused-ring (bicyclic) bond motifs is 1. The summed E-state index contributed by atoms with van der Waals surface area (Å²) < 4.78 is 2.00. The summed E-state index contributed by atoms with van der Waals surface area (Å²) in [6.07, 6.45) is 5.76. The highest BCUT2D eigenvalue weighted by molar-refractivity contribution is 5.67. The van der Waals surface area contributed by atoms with Crippen LogP contribution in [0.1, 0.15) is 5.69 Å². The van der Waals surface area contributed by atoms with Crippen molar-refractivity contribution >= 4 is 5.52 Å². The van der Waals surface area contributed by atoms with Gasteiger partial charge in [-0.15, -0.1) is 0 Å². The van der Waals surface area contributed by atoms with Gasteiger partial charge in [0.05, 0.1) is 12.0 Å². The van der Waals surface area contributed by atoms with Crippen LogP contribution in [-0.2, 0) is 6.54 Å². The van der Waals surface area contributed by atoms with Gasteiger partial charge in [-0.1, -0.05) is 0 Å². The van der Waals surface area contributed by atoms with E-state index < -0.39 is 0 Å². The zero-order chi connectivity index (χ0) is 11.0. The van der Waals surface area contributed by atoms with Crippen LogP contribution in [0.15, 0.2) is 43.0 Å². The molecule has 0 unspecified atom stereocenters. The molecule has 0 aliphatic rings. The van der Waals surface area contributed by atoms with Gasteiger partial charge >= 0.3 is 0 Å². The van der Waals surface area contributed by atoms with Crippen molar-refractivity contribution in [3.05, 3.63) is 48.7 Å². The number of H-pyrrole nitrogens is 1. The molecule has 3 rings (SSSR count). The Hall–Kier alpha value is -2.07. The number of aromatic nitrogens is 3. The van der Waals surface area contributed by atoms with Crippen molar-refractivity contribution in [1.82, 2.24) is 14.4 Å². The average Bonchev–Trinajstić information content (AvgIpc) is 2.96. The lowest BCUT2D eigenvalue weighted by Crippen LogP contribution is -2.00. The Balaban J connectivity index is 2.16. The Kier molecular flexibility index (Phi) is 2.01. The average molecular weight is 212 g/mol. The summed E-state index contributed by atoms with van der Waals surface area (Å²) in [5, 5.41) is 0. The third-order valence-electron chi connectivity index (χ3n) is 2.66. The standard InChI is InChI=1S/C12H12N4/c13-6-10-5-11-4-9(7-16(11)8-15-10)12-2-1-3-14-12/h1-5,7-8,14H,6,13H2. The molecule has 0 amide bonds. The molecule has 0 aliphatic carbocycles. The van der Waals surface area contributed by atoms with Crippen molar-refractivity contribution in [3.8, 4) is 11.3 Å². The first kappa shape index (κ1) is 9.18. The fourth-order valence-corrected chi connectivity index (χ4v) is 1.82. The van der Waals surface area contributed by atoms with E-state index in [-0.39, 0.29) is 0 Å². The minimum atomic E-state index is 0.472. The zero-order valence-corrected chi connectivity index (χ0v) is 8.72. The molecule has 0 saturated carbocycles. The van der Waals surface area contributed by atoms with Gasteiger partial charge in [-0.2, -0.15) is 0 Å². The minimum absolute atomic E-state index is 0.472. The normalized spacial score (nSPS) is 11.1. The molecule has 0 aliphatic heterocycles. The van der Waals surface area contributed by atoms with Crippen LogP contribution >= 0.6 is 0 Å². The number of aromatic amines is 1. The van der Waals surface area contributed by atoms with Crippen molar-refractivity contribution in [3.63, 3.8) is 0 Å². The second kappa shape index (κ2) is 3.50. The molecule has 3 aromatic rings. The molecule has 0 fully saturated rings. The third-order valence-corrected chi connectivity index (χ3v) is 2.66. The van der Waals surface area contributed by atoms with E-state index in [9.17, 15) is 0 Å². The van der Waals surface area contributed by atoms with Crippen LogP contribution in [0.5, 0.6) is 0 Å². The topological polar surface area (TPSA) is 59.1 Å². The fourth-order valence-electron chi connectivity index (χ4n) is 1.82. The summed E-state index contributed by atoms with van der Waals surface area (Å²) in [6, 6.07) is 8.16. The lowest BCUT2D eigenvalue weighted by atomic mass is 10.2. The van der Waals surface area contributed by atoms with E-state index in [1.54, 1.807) is 6.33 Å². The van der Waals surface area contributed by atoms with Gasteiger partial charge in [0, 0.05) is 35.7 Å². The highest BCUT2D eigenvalue weighted by Crippen LogP contribution is 2.20. The fraction of sp³-hybridized carbons (Fsp3) is 0.0833. The summed E-state index contributed by atoms with van der Waals surface area (Å²) in [7, 11) is 0. The lowest BCUT2D eigenvalue weighted by molar-refractivity contribution is 0.953. The van der Waals surface area contributed by atoms with Gasteiger partial charge in [0.2, 0.25) is 0 Å². The van der Waals surface area contributed by atoms with E-state index in [0.29, 0.717) is 6.54 Å². The summed E-state index contributed by atoms with van der Waals surface area (Å²) >= 11 is 0. The summed E-state index contributed by atoms with van der Waals surface area (Å²) in [6.45, 7) is 0.472. The molecule has 3 N–H and O–H groups in total. The van der Waals surface area contributed by atoms with Crippen LogP contribution in [0.2, 0.25) is 0 Å². The number of nitrogens with one attached hydrogen (secondary N) is 1. The van der Waals surface area contributed by atoms with E-state index in [0.717, 1.165) is 22.5 Å². The van der Waals surface area contributed by atoms with Crippen LogP contribution in [0.4, 0.5) is 0 Å². The van der Waals surface area contributed by atoms with Gasteiger partial charge in [0.15, 0.2) is 0 Å². The van der Waals surface area contributed by atoms with E-state index >= 15 is 0 Å². The number of rotatable bonds is 2. The first-order valence-electron chi connectivity index (χ1n) is 5.17. The second-order valence-corrected chi connectivity index (χ2v) is 3.73. The molecule has 4 heteroatoms. The van der Waals surface area contributed by atoms with Crippen molar-refractivity contribution in [2.45, 2.75) is 6.54 Å². The molecule has 4 nitrogen and oxygen atoms in total. The molecule has 0 spiro atoms. The second-order valence-electron chi connectivity index (χ2n) is 3.73. The predicted molar refractivity (Wildman–Crippen MR) is 62.9 cm³/mol. The highest BCUT2D eigenvalue weighted by Gasteiger charge is 2.03. The molecule has 0 saturated heterocycles. The van der Waals surface area contributed by atoms with Gasteiger partial charge in [0.1, 0.15) is 0 Å². The Bertz CT molecular complexity index is 607. The number of nitrogens with two attached hydrogens (primary N) is 1. The minimum Gasteiger partial charge on any atom is -0.361 e. The van der Waals surface area contributed by atoms with Gasteiger partial charge in [-0.05, 0) is 24.3 Å². The summed E-state index contributed by atoms with van der Waals surface area (Å²) in [5.74, 6) is 0. The molecule has 0 aromatic carbocycles. The summed E-state index contributed by atoms with van der Waals surface area (Å²) in [4.78, 5) is 7.43. The largest absolute Gasteiger partial charge is 0.361 e. The van der Waals surface area contributed by atoms with E-state index in [2.05, 4.69) is 22.2 Å². The number of hydrogen-bond acceptors (Lipinski definition) is 2. The van der Waals surface area contributed by atoms with Crippen LogP contribution in [-0.4, -0.2) is 14.4 Å². The third kappa shape index (κ3) is 1.40. The van der Waals surface area contributed by atoms with Gasteiger partial charge in [0.25, 0.3) is 0 Å². The molecular formula is C12H12N4. The Morgan fingerprint density at radius 2 is 2.31 bits per heavy atom. The van der Waals surface area contributed by atoms with Crippen molar-refractivity contribution in [1.29, 1.82) is 0 Å². The molecule has 3 aromatic heterocycles. The van der Waals surface area contributed by atoms with E-state index in [1.807, 2.05) is 28.8 Å². The van der Waals surface area contributed by atoms with Crippen molar-refractivity contribution < 1.29 is 0 Å². The molecule has 0 bridgehead atoms. The maximum Gasteiger partial charge on any atom is 0.0994 e. The molecule has 16 heavy (non-hydrogen) atoms.